The molecule has 1 amide bonds. The van der Waals surface area contributed by atoms with Crippen LogP contribution >= 0.6 is 11.6 Å². The summed E-state index contributed by atoms with van der Waals surface area (Å²) in [5, 5.41) is 3.90. The highest BCUT2D eigenvalue weighted by Gasteiger charge is 2.25. The molecule has 0 spiro atoms. The first-order chi connectivity index (χ1) is 11.1. The van der Waals surface area contributed by atoms with Crippen LogP contribution < -0.4 is 5.32 Å². The van der Waals surface area contributed by atoms with Gasteiger partial charge in [-0.1, -0.05) is 23.7 Å². The first-order valence-corrected chi connectivity index (χ1v) is 7.98. The van der Waals surface area contributed by atoms with Gasteiger partial charge in [0, 0.05) is 45.4 Å². The minimum Gasteiger partial charge on any atom is -0.383 e. The fourth-order valence-electron chi connectivity index (χ4n) is 2.46. The van der Waals surface area contributed by atoms with E-state index in [1.807, 2.05) is 34.1 Å². The first-order valence-electron chi connectivity index (χ1n) is 7.61. The maximum Gasteiger partial charge on any atom is 0.242 e. The maximum atomic E-state index is 12.4. The fraction of sp³-hybridized carbons (Fsp3) is 0.500. The minimum atomic E-state index is 0.0980. The summed E-state index contributed by atoms with van der Waals surface area (Å²) in [6, 6.07) is 7.60. The molecule has 1 fully saturated rings. The summed E-state index contributed by atoms with van der Waals surface area (Å²) in [4.78, 5) is 20.4. The number of methoxy groups -OCH3 is 1. The van der Waals surface area contributed by atoms with Crippen LogP contribution in [0.1, 0.15) is 5.56 Å². The van der Waals surface area contributed by atoms with Crippen molar-refractivity contribution in [2.75, 3.05) is 46.9 Å². The van der Waals surface area contributed by atoms with Crippen molar-refractivity contribution in [1.29, 1.82) is 0 Å². The number of amides is 1. The van der Waals surface area contributed by atoms with Crippen LogP contribution in [0.2, 0.25) is 5.02 Å². The number of guanidine groups is 1. The van der Waals surface area contributed by atoms with Crippen LogP contribution in [0.4, 0.5) is 0 Å². The zero-order chi connectivity index (χ0) is 16.7. The van der Waals surface area contributed by atoms with E-state index in [0.29, 0.717) is 37.8 Å². The van der Waals surface area contributed by atoms with Crippen molar-refractivity contribution in [2.45, 2.75) is 6.54 Å². The Morgan fingerprint density at radius 1 is 1.35 bits per heavy atom. The van der Waals surface area contributed by atoms with Gasteiger partial charge in [0.1, 0.15) is 0 Å². The van der Waals surface area contributed by atoms with Gasteiger partial charge in [-0.2, -0.15) is 0 Å². The number of nitrogens with one attached hydrogen (secondary N) is 1. The summed E-state index contributed by atoms with van der Waals surface area (Å²) < 4.78 is 5.02. The summed E-state index contributed by atoms with van der Waals surface area (Å²) in [6.07, 6.45) is 0. The SMILES string of the molecule is CN=C(NCCOC)N1CCN(Cc2ccc(Cl)cc2)C(=O)C1. The molecule has 0 atom stereocenters. The number of benzene rings is 1. The van der Waals surface area contributed by atoms with Crippen molar-refractivity contribution in [1.82, 2.24) is 15.1 Å². The lowest BCUT2D eigenvalue weighted by atomic mass is 10.2. The quantitative estimate of drug-likeness (QED) is 0.498. The van der Waals surface area contributed by atoms with E-state index in [4.69, 9.17) is 16.3 Å². The molecule has 1 aliphatic rings. The minimum absolute atomic E-state index is 0.0980. The normalized spacial score (nSPS) is 16.0. The lowest BCUT2D eigenvalue weighted by Gasteiger charge is -2.36. The van der Waals surface area contributed by atoms with Crippen molar-refractivity contribution >= 4 is 23.5 Å². The molecule has 6 nitrogen and oxygen atoms in total. The number of ether oxygens (including phenoxy) is 1. The van der Waals surface area contributed by atoms with Crippen molar-refractivity contribution in [2.24, 2.45) is 4.99 Å². The van der Waals surface area contributed by atoms with E-state index in [1.165, 1.54) is 0 Å². The van der Waals surface area contributed by atoms with Gasteiger partial charge in [0.2, 0.25) is 5.91 Å². The molecule has 1 saturated heterocycles. The molecule has 1 aliphatic heterocycles. The monoisotopic (exact) mass is 338 g/mol. The Balaban J connectivity index is 1.88. The summed E-state index contributed by atoms with van der Waals surface area (Å²) in [7, 11) is 3.38. The average Bonchev–Trinajstić information content (AvgIpc) is 2.56. The van der Waals surface area contributed by atoms with E-state index < -0.39 is 0 Å². The summed E-state index contributed by atoms with van der Waals surface area (Å²) in [6.45, 7) is 3.64. The number of halogens is 1. The smallest absolute Gasteiger partial charge is 0.242 e. The molecule has 126 valence electrons. The third-order valence-corrected chi connectivity index (χ3v) is 3.96. The predicted octanol–water partition coefficient (Wildman–Crippen LogP) is 1.21. The van der Waals surface area contributed by atoms with Crippen molar-refractivity contribution in [3.05, 3.63) is 34.9 Å². The number of rotatable bonds is 5. The molecule has 23 heavy (non-hydrogen) atoms. The Morgan fingerprint density at radius 3 is 2.70 bits per heavy atom. The number of carbonyl (C=O) groups excluding carboxylic acids is 1. The number of aliphatic imine (C=N–C) groups is 1. The Kier molecular flexibility index (Phi) is 6.67. The van der Waals surface area contributed by atoms with E-state index in [2.05, 4.69) is 10.3 Å². The molecule has 7 heteroatoms. The number of nitrogens with zero attached hydrogens (tertiary/aromatic N) is 3. The molecule has 1 N–H and O–H groups in total. The molecule has 1 heterocycles. The molecule has 0 aliphatic carbocycles. The Labute approximate surface area is 142 Å². The number of hydrogen-bond donors (Lipinski definition) is 1. The highest BCUT2D eigenvalue weighted by Crippen LogP contribution is 2.13. The zero-order valence-electron chi connectivity index (χ0n) is 13.6. The maximum absolute atomic E-state index is 12.4. The van der Waals surface area contributed by atoms with Gasteiger partial charge in [0.15, 0.2) is 5.96 Å². The van der Waals surface area contributed by atoms with Gasteiger partial charge in [-0.15, -0.1) is 0 Å². The summed E-state index contributed by atoms with van der Waals surface area (Å²) >= 11 is 5.89. The lowest BCUT2D eigenvalue weighted by Crippen LogP contribution is -2.55. The average molecular weight is 339 g/mol. The van der Waals surface area contributed by atoms with Crippen LogP contribution in [0.25, 0.3) is 0 Å². The van der Waals surface area contributed by atoms with Crippen LogP contribution in [0, 0.1) is 0 Å². The van der Waals surface area contributed by atoms with Gasteiger partial charge >= 0.3 is 0 Å². The van der Waals surface area contributed by atoms with E-state index in [0.717, 1.165) is 18.1 Å². The molecule has 0 aromatic heterocycles. The van der Waals surface area contributed by atoms with Crippen LogP contribution in [0.3, 0.4) is 0 Å². The molecule has 0 bridgehead atoms. The van der Waals surface area contributed by atoms with Gasteiger partial charge in [0.25, 0.3) is 0 Å². The van der Waals surface area contributed by atoms with Crippen LogP contribution in [-0.2, 0) is 16.1 Å². The van der Waals surface area contributed by atoms with Crippen LogP contribution in [0.5, 0.6) is 0 Å². The van der Waals surface area contributed by atoms with E-state index in [-0.39, 0.29) is 5.91 Å². The second kappa shape index (κ2) is 8.74. The van der Waals surface area contributed by atoms with Crippen molar-refractivity contribution in [3.63, 3.8) is 0 Å². The predicted molar refractivity (Wildman–Crippen MR) is 91.7 cm³/mol. The Morgan fingerprint density at radius 2 is 2.09 bits per heavy atom. The largest absolute Gasteiger partial charge is 0.383 e. The van der Waals surface area contributed by atoms with E-state index in [9.17, 15) is 4.79 Å². The Bertz CT molecular complexity index is 548. The first kappa shape index (κ1) is 17.6. The molecule has 0 radical (unpaired) electrons. The van der Waals surface area contributed by atoms with E-state index in [1.54, 1.807) is 14.2 Å². The summed E-state index contributed by atoms with van der Waals surface area (Å²) in [5.41, 5.74) is 1.08. The molecular formula is C16H23ClN4O2. The highest BCUT2D eigenvalue weighted by atomic mass is 35.5. The second-order valence-electron chi connectivity index (χ2n) is 5.33. The molecule has 1 aromatic carbocycles. The second-order valence-corrected chi connectivity index (χ2v) is 5.77. The highest BCUT2D eigenvalue weighted by molar-refractivity contribution is 6.30. The number of carbonyl (C=O) groups is 1. The van der Waals surface area contributed by atoms with Gasteiger partial charge in [0.05, 0.1) is 13.2 Å². The number of piperazine rings is 1. The van der Waals surface area contributed by atoms with Gasteiger partial charge in [-0.05, 0) is 17.7 Å². The summed E-state index contributed by atoms with van der Waals surface area (Å²) in [5.74, 6) is 0.836. The lowest BCUT2D eigenvalue weighted by molar-refractivity contribution is -0.135. The molecule has 0 unspecified atom stereocenters. The third-order valence-electron chi connectivity index (χ3n) is 3.71. The Hall–Kier alpha value is -1.79. The molecule has 1 aromatic rings. The van der Waals surface area contributed by atoms with Crippen LogP contribution in [-0.4, -0.2) is 68.6 Å². The van der Waals surface area contributed by atoms with Crippen molar-refractivity contribution in [3.8, 4) is 0 Å². The third kappa shape index (κ3) is 5.11. The molecular weight excluding hydrogens is 316 g/mol. The van der Waals surface area contributed by atoms with Gasteiger partial charge in [-0.25, -0.2) is 0 Å². The fourth-order valence-corrected chi connectivity index (χ4v) is 2.59. The molecule has 0 saturated carbocycles. The topological polar surface area (TPSA) is 57.2 Å². The number of hydrogen-bond acceptors (Lipinski definition) is 3. The van der Waals surface area contributed by atoms with Crippen LogP contribution in [0.15, 0.2) is 29.3 Å². The van der Waals surface area contributed by atoms with Crippen molar-refractivity contribution < 1.29 is 9.53 Å². The van der Waals surface area contributed by atoms with Gasteiger partial charge < -0.3 is 19.9 Å². The van der Waals surface area contributed by atoms with E-state index >= 15 is 0 Å². The standard InChI is InChI=1S/C16H23ClN4O2/c1-18-16(19-7-10-23-2)21-9-8-20(15(22)12-21)11-13-3-5-14(17)6-4-13/h3-6H,7-12H2,1-2H3,(H,18,19). The van der Waals surface area contributed by atoms with Gasteiger partial charge in [-0.3, -0.25) is 9.79 Å². The zero-order valence-corrected chi connectivity index (χ0v) is 14.3. The molecule has 2 rings (SSSR count).